The van der Waals surface area contributed by atoms with Crippen LogP contribution >= 0.6 is 0 Å². The van der Waals surface area contributed by atoms with Crippen molar-refractivity contribution in [3.63, 3.8) is 0 Å². The molecule has 10 heteroatoms. The van der Waals surface area contributed by atoms with Gasteiger partial charge in [0.2, 0.25) is 10.0 Å². The van der Waals surface area contributed by atoms with Crippen LogP contribution in [0.15, 0.2) is 47.4 Å². The second kappa shape index (κ2) is 8.19. The van der Waals surface area contributed by atoms with E-state index >= 15 is 0 Å². The first kappa shape index (κ1) is 22.0. The second-order valence-electron chi connectivity index (χ2n) is 6.95. The number of ketones is 1. The topological polar surface area (TPSA) is 89.5 Å². The fourth-order valence-corrected chi connectivity index (χ4v) is 3.97. The number of hydrogen-bond acceptors (Lipinski definition) is 5. The van der Waals surface area contributed by atoms with Crippen molar-refractivity contribution in [3.8, 4) is 0 Å². The van der Waals surface area contributed by atoms with Crippen LogP contribution in [0.5, 0.6) is 0 Å². The monoisotopic (exact) mass is 441 g/mol. The summed E-state index contributed by atoms with van der Waals surface area (Å²) in [5.41, 5.74) is -0.863. The van der Waals surface area contributed by atoms with Gasteiger partial charge < -0.3 is 4.74 Å². The van der Waals surface area contributed by atoms with Gasteiger partial charge in [-0.2, -0.15) is 13.2 Å². The summed E-state index contributed by atoms with van der Waals surface area (Å²) in [5, 5.41) is 0. The molecule has 1 aliphatic rings. The maximum atomic E-state index is 12.8. The molecule has 160 valence electrons. The van der Waals surface area contributed by atoms with Crippen molar-refractivity contribution in [2.24, 2.45) is 0 Å². The van der Waals surface area contributed by atoms with Gasteiger partial charge in [-0.15, -0.1) is 0 Å². The molecule has 0 aromatic heterocycles. The molecule has 1 aliphatic carbocycles. The number of rotatable bonds is 7. The summed E-state index contributed by atoms with van der Waals surface area (Å²) in [7, 11) is -3.79. The summed E-state index contributed by atoms with van der Waals surface area (Å²) >= 11 is 0. The fraction of sp³-hybridized carbons (Fsp3) is 0.300. The Bertz CT molecular complexity index is 1090. The molecule has 2 aromatic carbocycles. The van der Waals surface area contributed by atoms with Crippen LogP contribution in [0.2, 0.25) is 0 Å². The van der Waals surface area contributed by atoms with Gasteiger partial charge in [0, 0.05) is 11.6 Å². The van der Waals surface area contributed by atoms with E-state index in [1.807, 2.05) is 0 Å². The minimum atomic E-state index is -4.61. The van der Waals surface area contributed by atoms with Gasteiger partial charge >= 0.3 is 12.1 Å². The van der Waals surface area contributed by atoms with Gasteiger partial charge in [-0.05, 0) is 49.6 Å². The minimum Gasteiger partial charge on any atom is -0.454 e. The number of carbonyl (C=O) groups excluding carboxylic acids is 2. The van der Waals surface area contributed by atoms with Crippen LogP contribution in [0, 0.1) is 6.92 Å². The first-order valence-electron chi connectivity index (χ1n) is 8.98. The van der Waals surface area contributed by atoms with E-state index in [0.717, 1.165) is 31.0 Å². The summed E-state index contributed by atoms with van der Waals surface area (Å²) in [6.45, 7) is 0.785. The Morgan fingerprint density at radius 2 is 1.83 bits per heavy atom. The van der Waals surface area contributed by atoms with Crippen LogP contribution in [0.3, 0.4) is 0 Å². The summed E-state index contributed by atoms with van der Waals surface area (Å²) in [6, 6.07) is 7.61. The maximum absolute atomic E-state index is 12.8. The quantitative estimate of drug-likeness (QED) is 0.525. The highest BCUT2D eigenvalue weighted by atomic mass is 32.2. The van der Waals surface area contributed by atoms with E-state index in [4.69, 9.17) is 4.74 Å². The van der Waals surface area contributed by atoms with Crippen molar-refractivity contribution in [2.45, 2.75) is 36.9 Å². The molecule has 3 rings (SSSR count). The third-order valence-electron chi connectivity index (χ3n) is 4.48. The molecule has 1 fully saturated rings. The van der Waals surface area contributed by atoms with Crippen molar-refractivity contribution >= 4 is 21.8 Å². The van der Waals surface area contributed by atoms with Crippen LogP contribution in [-0.2, 0) is 20.9 Å². The average molecular weight is 441 g/mol. The molecule has 1 N–H and O–H groups in total. The number of nitrogens with one attached hydrogen (secondary N) is 1. The van der Waals surface area contributed by atoms with E-state index in [0.29, 0.717) is 11.6 Å². The van der Waals surface area contributed by atoms with Gasteiger partial charge in [0.05, 0.1) is 16.0 Å². The van der Waals surface area contributed by atoms with E-state index < -0.39 is 40.1 Å². The molecule has 0 atom stereocenters. The maximum Gasteiger partial charge on any atom is 0.416 e. The van der Waals surface area contributed by atoms with E-state index in [-0.39, 0.29) is 22.1 Å². The SMILES string of the molecule is Cc1ccc(S(=O)(=O)NC2CC2)cc1C(=O)OCC(=O)c1cccc(C(F)(F)F)c1. The van der Waals surface area contributed by atoms with Gasteiger partial charge in [0.1, 0.15) is 0 Å². The van der Waals surface area contributed by atoms with Crippen molar-refractivity contribution in [1.29, 1.82) is 0 Å². The Balaban J connectivity index is 1.72. The molecular weight excluding hydrogens is 423 g/mol. The van der Waals surface area contributed by atoms with Crippen molar-refractivity contribution in [3.05, 3.63) is 64.7 Å². The normalized spacial score (nSPS) is 14.4. The number of hydrogen-bond donors (Lipinski definition) is 1. The number of ether oxygens (including phenoxy) is 1. The van der Waals surface area contributed by atoms with Crippen molar-refractivity contribution < 1.29 is 35.9 Å². The Kier molecular flexibility index (Phi) is 6.00. The number of Topliss-reactive ketones (excluding diaryl/α,β-unsaturated/α-hetero) is 1. The van der Waals surface area contributed by atoms with E-state index in [1.54, 1.807) is 6.92 Å². The lowest BCUT2D eigenvalue weighted by Crippen LogP contribution is -2.26. The Morgan fingerprint density at radius 3 is 2.47 bits per heavy atom. The zero-order valence-corrected chi connectivity index (χ0v) is 16.6. The smallest absolute Gasteiger partial charge is 0.416 e. The Labute approximate surface area is 171 Å². The first-order valence-corrected chi connectivity index (χ1v) is 10.5. The molecule has 0 bridgehead atoms. The molecular formula is C20H18F3NO5S. The first-order chi connectivity index (χ1) is 14.0. The zero-order valence-electron chi connectivity index (χ0n) is 15.8. The van der Waals surface area contributed by atoms with Crippen molar-refractivity contribution in [1.82, 2.24) is 4.72 Å². The summed E-state index contributed by atoms with van der Waals surface area (Å²) in [5.74, 6) is -1.76. The molecule has 0 spiro atoms. The highest BCUT2D eigenvalue weighted by molar-refractivity contribution is 7.89. The molecule has 2 aromatic rings. The minimum absolute atomic E-state index is 0.0504. The highest BCUT2D eigenvalue weighted by Gasteiger charge is 2.31. The molecule has 6 nitrogen and oxygen atoms in total. The molecule has 1 saturated carbocycles. The largest absolute Gasteiger partial charge is 0.454 e. The molecule has 30 heavy (non-hydrogen) atoms. The third-order valence-corrected chi connectivity index (χ3v) is 6.00. The Morgan fingerprint density at radius 1 is 1.13 bits per heavy atom. The summed E-state index contributed by atoms with van der Waals surface area (Å²) in [6.07, 6.45) is -3.11. The van der Waals surface area contributed by atoms with Crippen LogP contribution in [0.1, 0.15) is 44.7 Å². The number of carbonyl (C=O) groups is 2. The molecule has 0 radical (unpaired) electrons. The molecule has 0 heterocycles. The number of aryl methyl sites for hydroxylation is 1. The second-order valence-corrected chi connectivity index (χ2v) is 8.66. The number of alkyl halides is 3. The van der Waals surface area contributed by atoms with E-state index in [2.05, 4.69) is 4.72 Å². The number of halogens is 3. The lowest BCUT2D eigenvalue weighted by Gasteiger charge is -2.11. The van der Waals surface area contributed by atoms with Gasteiger partial charge in [-0.1, -0.05) is 18.2 Å². The van der Waals surface area contributed by atoms with Gasteiger partial charge in [-0.25, -0.2) is 17.9 Å². The van der Waals surface area contributed by atoms with Crippen molar-refractivity contribution in [2.75, 3.05) is 6.61 Å². The van der Waals surface area contributed by atoms with Gasteiger partial charge in [0.15, 0.2) is 12.4 Å². The summed E-state index contributed by atoms with van der Waals surface area (Å²) < 4.78 is 70.4. The predicted octanol–water partition coefficient (Wildman–Crippen LogP) is 3.49. The van der Waals surface area contributed by atoms with Gasteiger partial charge in [0.25, 0.3) is 0 Å². The van der Waals surface area contributed by atoms with Crippen LogP contribution in [-0.4, -0.2) is 32.8 Å². The van der Waals surface area contributed by atoms with Crippen LogP contribution in [0.4, 0.5) is 13.2 Å². The predicted molar refractivity (Wildman–Crippen MR) is 101 cm³/mol. The lowest BCUT2D eigenvalue weighted by atomic mass is 10.1. The Hall–Kier alpha value is -2.72. The average Bonchev–Trinajstić information content (AvgIpc) is 3.48. The molecule has 0 unspecified atom stereocenters. The van der Waals surface area contributed by atoms with Crippen LogP contribution in [0.25, 0.3) is 0 Å². The molecule has 0 aliphatic heterocycles. The number of benzene rings is 2. The molecule has 0 amide bonds. The van der Waals surface area contributed by atoms with Crippen LogP contribution < -0.4 is 4.72 Å². The van der Waals surface area contributed by atoms with E-state index in [1.165, 1.54) is 18.2 Å². The van der Waals surface area contributed by atoms with E-state index in [9.17, 15) is 31.2 Å². The molecule has 0 saturated heterocycles. The lowest BCUT2D eigenvalue weighted by molar-refractivity contribution is -0.137. The third kappa shape index (κ3) is 5.25. The zero-order chi connectivity index (χ0) is 22.1. The summed E-state index contributed by atoms with van der Waals surface area (Å²) in [4.78, 5) is 24.4. The van der Waals surface area contributed by atoms with Gasteiger partial charge in [-0.3, -0.25) is 4.79 Å². The standard InChI is InChI=1S/C20H18F3NO5S/c1-12-5-8-16(30(27,28)24-15-6-7-15)10-17(12)19(26)29-11-18(25)13-3-2-4-14(9-13)20(21,22)23/h2-5,8-10,15,24H,6-7,11H2,1H3. The number of esters is 1. The number of sulfonamides is 1. The highest BCUT2D eigenvalue weighted by Crippen LogP contribution is 2.29. The fourth-order valence-electron chi connectivity index (χ4n) is 2.64.